The van der Waals surface area contributed by atoms with Crippen LogP contribution in [-0.4, -0.2) is 22.1 Å². The summed E-state index contributed by atoms with van der Waals surface area (Å²) in [5.74, 6) is 1.79. The molecule has 1 heterocycles. The summed E-state index contributed by atoms with van der Waals surface area (Å²) in [7, 11) is 0. The van der Waals surface area contributed by atoms with E-state index in [1.54, 1.807) is 18.7 Å². The number of nitrogens with one attached hydrogen (secondary N) is 1. The van der Waals surface area contributed by atoms with Gasteiger partial charge in [-0.1, -0.05) is 36.6 Å². The Kier molecular flexibility index (Phi) is 5.33. The number of thioether (sulfide) groups is 1. The van der Waals surface area contributed by atoms with E-state index in [4.69, 9.17) is 4.52 Å². The first-order valence-electron chi connectivity index (χ1n) is 8.04. The minimum atomic E-state index is 0.0155. The van der Waals surface area contributed by atoms with Gasteiger partial charge in [-0.15, -0.1) is 11.8 Å². The lowest BCUT2D eigenvalue weighted by Crippen LogP contribution is -2.36. The molecule has 5 nitrogen and oxygen atoms in total. The Hall–Kier alpha value is -1.82. The quantitative estimate of drug-likeness (QED) is 0.846. The summed E-state index contributed by atoms with van der Waals surface area (Å²) in [5, 5.41) is 6.96. The Labute approximate surface area is 140 Å². The molecule has 23 heavy (non-hydrogen) atoms. The Morgan fingerprint density at radius 3 is 2.83 bits per heavy atom. The molecule has 1 aromatic heterocycles. The molecule has 0 saturated heterocycles. The molecular weight excluding hydrogens is 310 g/mol. The number of hydrogen-bond acceptors (Lipinski definition) is 5. The van der Waals surface area contributed by atoms with Crippen LogP contribution in [0.5, 0.6) is 0 Å². The highest BCUT2D eigenvalue weighted by molar-refractivity contribution is 7.98. The van der Waals surface area contributed by atoms with Crippen molar-refractivity contribution in [2.45, 2.75) is 55.7 Å². The van der Waals surface area contributed by atoms with E-state index >= 15 is 0 Å². The second-order valence-corrected chi connectivity index (χ2v) is 6.85. The monoisotopic (exact) mass is 331 g/mol. The second kappa shape index (κ2) is 7.64. The summed E-state index contributed by atoms with van der Waals surface area (Å²) in [6.07, 6.45) is 5.86. The number of rotatable bonds is 5. The van der Waals surface area contributed by atoms with Crippen molar-refractivity contribution < 1.29 is 9.32 Å². The number of aromatic nitrogens is 2. The average molecular weight is 331 g/mol. The number of benzene rings is 1. The summed E-state index contributed by atoms with van der Waals surface area (Å²) in [6, 6.07) is 7.99. The SMILES string of the molecule is Cc1noc(CSc2ccccc2C(=O)NC2CCCCC2)n1. The van der Waals surface area contributed by atoms with Crippen LogP contribution in [0, 0.1) is 6.92 Å². The van der Waals surface area contributed by atoms with Gasteiger partial charge in [0.05, 0.1) is 11.3 Å². The van der Waals surface area contributed by atoms with Gasteiger partial charge >= 0.3 is 0 Å². The van der Waals surface area contributed by atoms with E-state index in [1.165, 1.54) is 19.3 Å². The zero-order valence-electron chi connectivity index (χ0n) is 13.2. The molecule has 1 saturated carbocycles. The highest BCUT2D eigenvalue weighted by atomic mass is 32.2. The lowest BCUT2D eigenvalue weighted by atomic mass is 9.95. The van der Waals surface area contributed by atoms with E-state index in [1.807, 2.05) is 24.3 Å². The highest BCUT2D eigenvalue weighted by Gasteiger charge is 2.18. The molecule has 0 aliphatic heterocycles. The molecular formula is C17H21N3O2S. The third-order valence-corrected chi connectivity index (χ3v) is 5.05. The Morgan fingerprint density at radius 1 is 1.30 bits per heavy atom. The Balaban J connectivity index is 1.65. The third kappa shape index (κ3) is 4.34. The summed E-state index contributed by atoms with van der Waals surface area (Å²) in [6.45, 7) is 1.79. The normalized spacial score (nSPS) is 15.5. The van der Waals surface area contributed by atoms with Crippen LogP contribution in [0.4, 0.5) is 0 Å². The lowest BCUT2D eigenvalue weighted by molar-refractivity contribution is 0.0924. The number of amides is 1. The fourth-order valence-electron chi connectivity index (χ4n) is 2.83. The van der Waals surface area contributed by atoms with Gasteiger partial charge in [-0.05, 0) is 31.9 Å². The minimum absolute atomic E-state index is 0.0155. The Bertz CT molecular complexity index is 665. The summed E-state index contributed by atoms with van der Waals surface area (Å²) in [4.78, 5) is 17.7. The molecule has 122 valence electrons. The van der Waals surface area contributed by atoms with Gasteiger partial charge in [0.25, 0.3) is 5.91 Å². The van der Waals surface area contributed by atoms with E-state index in [-0.39, 0.29) is 5.91 Å². The number of carbonyl (C=O) groups excluding carboxylic acids is 1. The van der Waals surface area contributed by atoms with Crippen LogP contribution in [0.25, 0.3) is 0 Å². The number of hydrogen-bond donors (Lipinski definition) is 1. The van der Waals surface area contributed by atoms with Crippen LogP contribution >= 0.6 is 11.8 Å². The first-order valence-corrected chi connectivity index (χ1v) is 9.03. The fraction of sp³-hybridized carbons (Fsp3) is 0.471. The van der Waals surface area contributed by atoms with Crippen molar-refractivity contribution in [1.29, 1.82) is 0 Å². The number of aryl methyl sites for hydroxylation is 1. The molecule has 0 spiro atoms. The van der Waals surface area contributed by atoms with Crippen molar-refractivity contribution in [1.82, 2.24) is 15.5 Å². The first-order chi connectivity index (χ1) is 11.2. The number of nitrogens with zero attached hydrogens (tertiary/aromatic N) is 2. The van der Waals surface area contributed by atoms with Crippen molar-refractivity contribution in [2.75, 3.05) is 0 Å². The standard InChI is InChI=1S/C17H21N3O2S/c1-12-18-16(22-20-12)11-23-15-10-6-5-9-14(15)17(21)19-13-7-3-2-4-8-13/h5-6,9-10,13H,2-4,7-8,11H2,1H3,(H,19,21). The first kappa shape index (κ1) is 16.1. The molecule has 1 fully saturated rings. The smallest absolute Gasteiger partial charge is 0.252 e. The predicted molar refractivity (Wildman–Crippen MR) is 89.4 cm³/mol. The van der Waals surface area contributed by atoms with Crippen molar-refractivity contribution in [2.24, 2.45) is 0 Å². The number of carbonyl (C=O) groups is 1. The van der Waals surface area contributed by atoms with Gasteiger partial charge in [0.2, 0.25) is 5.89 Å². The van der Waals surface area contributed by atoms with E-state index in [0.29, 0.717) is 23.5 Å². The van der Waals surface area contributed by atoms with Crippen molar-refractivity contribution in [3.8, 4) is 0 Å². The van der Waals surface area contributed by atoms with Gasteiger partial charge < -0.3 is 9.84 Å². The van der Waals surface area contributed by atoms with Gasteiger partial charge in [0.1, 0.15) is 0 Å². The largest absolute Gasteiger partial charge is 0.349 e. The predicted octanol–water partition coefficient (Wildman–Crippen LogP) is 3.73. The molecule has 0 atom stereocenters. The maximum atomic E-state index is 12.6. The van der Waals surface area contributed by atoms with Crippen LogP contribution < -0.4 is 5.32 Å². The highest BCUT2D eigenvalue weighted by Crippen LogP contribution is 2.26. The molecule has 1 amide bonds. The van der Waals surface area contributed by atoms with Crippen LogP contribution in [0.3, 0.4) is 0 Å². The molecule has 1 N–H and O–H groups in total. The van der Waals surface area contributed by atoms with Gasteiger partial charge in [-0.25, -0.2) is 0 Å². The molecule has 0 radical (unpaired) electrons. The molecule has 1 aliphatic rings. The fourth-order valence-corrected chi connectivity index (χ4v) is 3.72. The van der Waals surface area contributed by atoms with E-state index < -0.39 is 0 Å². The van der Waals surface area contributed by atoms with Crippen molar-refractivity contribution in [3.05, 3.63) is 41.5 Å². The van der Waals surface area contributed by atoms with Crippen molar-refractivity contribution >= 4 is 17.7 Å². The minimum Gasteiger partial charge on any atom is -0.349 e. The lowest BCUT2D eigenvalue weighted by Gasteiger charge is -2.23. The summed E-state index contributed by atoms with van der Waals surface area (Å²) in [5.41, 5.74) is 0.722. The zero-order valence-corrected chi connectivity index (χ0v) is 14.1. The molecule has 1 aliphatic carbocycles. The molecule has 2 aromatic rings. The van der Waals surface area contributed by atoms with E-state index in [0.717, 1.165) is 23.3 Å². The topological polar surface area (TPSA) is 68.0 Å². The molecule has 0 bridgehead atoms. The van der Waals surface area contributed by atoms with Crippen LogP contribution in [-0.2, 0) is 5.75 Å². The second-order valence-electron chi connectivity index (χ2n) is 5.83. The van der Waals surface area contributed by atoms with Gasteiger partial charge in [-0.2, -0.15) is 4.98 Å². The van der Waals surface area contributed by atoms with E-state index in [2.05, 4.69) is 15.5 Å². The van der Waals surface area contributed by atoms with Gasteiger partial charge in [-0.3, -0.25) is 4.79 Å². The summed E-state index contributed by atoms with van der Waals surface area (Å²) >= 11 is 1.55. The van der Waals surface area contributed by atoms with Crippen LogP contribution in [0.2, 0.25) is 0 Å². The molecule has 6 heteroatoms. The van der Waals surface area contributed by atoms with Crippen molar-refractivity contribution in [3.63, 3.8) is 0 Å². The molecule has 0 unspecified atom stereocenters. The molecule has 3 rings (SSSR count). The van der Waals surface area contributed by atoms with Crippen LogP contribution in [0.1, 0.15) is 54.2 Å². The maximum Gasteiger partial charge on any atom is 0.252 e. The van der Waals surface area contributed by atoms with E-state index in [9.17, 15) is 4.79 Å². The van der Waals surface area contributed by atoms with Crippen LogP contribution in [0.15, 0.2) is 33.7 Å². The van der Waals surface area contributed by atoms with Gasteiger partial charge in [0.15, 0.2) is 5.82 Å². The third-order valence-electron chi connectivity index (χ3n) is 3.99. The Morgan fingerprint density at radius 2 is 2.09 bits per heavy atom. The maximum absolute atomic E-state index is 12.6. The zero-order chi connectivity index (χ0) is 16.1. The van der Waals surface area contributed by atoms with Gasteiger partial charge in [0, 0.05) is 10.9 Å². The average Bonchev–Trinajstić information content (AvgIpc) is 2.99. The molecule has 1 aromatic carbocycles. The summed E-state index contributed by atoms with van der Waals surface area (Å²) < 4.78 is 5.13.